The van der Waals surface area contributed by atoms with Crippen LogP contribution in [-0.2, 0) is 11.3 Å². The van der Waals surface area contributed by atoms with Gasteiger partial charge in [0.25, 0.3) is 11.8 Å². The van der Waals surface area contributed by atoms with Gasteiger partial charge in [-0.2, -0.15) is 0 Å². The molecule has 37 heavy (non-hydrogen) atoms. The average molecular weight is 501 g/mol. The summed E-state index contributed by atoms with van der Waals surface area (Å²) < 4.78 is 0. The van der Waals surface area contributed by atoms with Crippen molar-refractivity contribution in [1.29, 1.82) is 0 Å². The molecule has 0 aliphatic heterocycles. The van der Waals surface area contributed by atoms with E-state index in [1.165, 1.54) is 0 Å². The summed E-state index contributed by atoms with van der Waals surface area (Å²) in [6, 6.07) is 23.9. The fourth-order valence-corrected chi connectivity index (χ4v) is 4.03. The molecular weight excluding hydrogens is 464 g/mol. The number of nitrogens with zero attached hydrogens (tertiary/aromatic N) is 2. The number of nitrogens with one attached hydrogen (secondary N) is 2. The molecule has 0 aliphatic rings. The monoisotopic (exact) mass is 500 g/mol. The Morgan fingerprint density at radius 2 is 1.41 bits per heavy atom. The molecule has 3 aromatic carbocycles. The molecule has 7 heteroatoms. The summed E-state index contributed by atoms with van der Waals surface area (Å²) >= 11 is 0. The zero-order valence-electron chi connectivity index (χ0n) is 21.9. The molecule has 0 bridgehead atoms. The van der Waals surface area contributed by atoms with Crippen molar-refractivity contribution in [2.24, 2.45) is 0 Å². The zero-order valence-corrected chi connectivity index (χ0v) is 21.9. The van der Waals surface area contributed by atoms with E-state index in [-0.39, 0.29) is 24.3 Å². The van der Waals surface area contributed by atoms with Crippen LogP contribution >= 0.6 is 0 Å². The van der Waals surface area contributed by atoms with E-state index in [4.69, 9.17) is 0 Å². The van der Waals surface area contributed by atoms with Gasteiger partial charge in [0.05, 0.1) is 6.54 Å². The molecule has 0 radical (unpaired) electrons. The third-order valence-electron chi connectivity index (χ3n) is 5.86. The van der Waals surface area contributed by atoms with Crippen LogP contribution in [0.3, 0.4) is 0 Å². The van der Waals surface area contributed by atoms with Crippen molar-refractivity contribution in [3.8, 4) is 0 Å². The highest BCUT2D eigenvalue weighted by atomic mass is 16.2. The summed E-state index contributed by atoms with van der Waals surface area (Å²) in [6.45, 7) is 6.13. The smallest absolute Gasteiger partial charge is 0.253 e. The number of amides is 3. The van der Waals surface area contributed by atoms with E-state index >= 15 is 0 Å². The van der Waals surface area contributed by atoms with Gasteiger partial charge in [-0.05, 0) is 60.9 Å². The van der Waals surface area contributed by atoms with Gasteiger partial charge in [0, 0.05) is 49.2 Å². The zero-order chi connectivity index (χ0) is 26.6. The van der Waals surface area contributed by atoms with Crippen molar-refractivity contribution in [2.75, 3.05) is 37.3 Å². The topological polar surface area (TPSA) is 81.8 Å². The number of carbonyl (C=O) groups excluding carboxylic acids is 3. The second kappa shape index (κ2) is 13.8. The van der Waals surface area contributed by atoms with Crippen LogP contribution in [0.5, 0.6) is 0 Å². The molecule has 0 heterocycles. The molecule has 0 fully saturated rings. The maximum atomic E-state index is 12.9. The third kappa shape index (κ3) is 8.20. The van der Waals surface area contributed by atoms with Gasteiger partial charge < -0.3 is 20.4 Å². The molecule has 194 valence electrons. The van der Waals surface area contributed by atoms with Gasteiger partial charge in [0.2, 0.25) is 5.91 Å². The Hall–Kier alpha value is -4.13. The highest BCUT2D eigenvalue weighted by Gasteiger charge is 2.15. The van der Waals surface area contributed by atoms with Crippen LogP contribution < -0.4 is 10.6 Å². The van der Waals surface area contributed by atoms with E-state index in [0.717, 1.165) is 31.5 Å². The second-order valence-corrected chi connectivity index (χ2v) is 9.00. The van der Waals surface area contributed by atoms with Gasteiger partial charge >= 0.3 is 0 Å². The van der Waals surface area contributed by atoms with E-state index < -0.39 is 0 Å². The predicted octanol–water partition coefficient (Wildman–Crippen LogP) is 5.27. The maximum Gasteiger partial charge on any atom is 0.253 e. The van der Waals surface area contributed by atoms with Crippen molar-refractivity contribution in [3.05, 3.63) is 95.6 Å². The van der Waals surface area contributed by atoms with E-state index in [0.29, 0.717) is 29.0 Å². The number of anilines is 2. The molecule has 0 aliphatic carbocycles. The SMILES string of the molecule is CCCN(CCC)C(=O)c1ccc(NC(=O)CNc2cccc(C(=O)N(C)Cc3ccccc3)c2)cc1. The Balaban J connectivity index is 1.53. The van der Waals surface area contributed by atoms with Gasteiger partial charge in [-0.1, -0.05) is 50.2 Å². The first-order valence-electron chi connectivity index (χ1n) is 12.7. The summed E-state index contributed by atoms with van der Waals surface area (Å²) in [5.41, 5.74) is 3.51. The van der Waals surface area contributed by atoms with Gasteiger partial charge in [-0.15, -0.1) is 0 Å². The van der Waals surface area contributed by atoms with Crippen LogP contribution in [0.1, 0.15) is 53.0 Å². The maximum absolute atomic E-state index is 12.9. The highest BCUT2D eigenvalue weighted by molar-refractivity contribution is 5.97. The third-order valence-corrected chi connectivity index (χ3v) is 5.86. The first-order valence-corrected chi connectivity index (χ1v) is 12.7. The summed E-state index contributed by atoms with van der Waals surface area (Å²) in [7, 11) is 1.77. The molecule has 0 atom stereocenters. The molecule has 0 saturated carbocycles. The lowest BCUT2D eigenvalue weighted by molar-refractivity contribution is -0.114. The molecule has 2 N–H and O–H groups in total. The molecule has 3 rings (SSSR count). The van der Waals surface area contributed by atoms with Gasteiger partial charge in [0.15, 0.2) is 0 Å². The summed E-state index contributed by atoms with van der Waals surface area (Å²) in [4.78, 5) is 41.6. The number of hydrogen-bond acceptors (Lipinski definition) is 4. The largest absolute Gasteiger partial charge is 0.376 e. The van der Waals surface area contributed by atoms with Crippen LogP contribution in [0.4, 0.5) is 11.4 Å². The molecule has 3 aromatic rings. The lowest BCUT2D eigenvalue weighted by Gasteiger charge is -2.21. The van der Waals surface area contributed by atoms with Crippen LogP contribution in [0, 0.1) is 0 Å². The van der Waals surface area contributed by atoms with Crippen molar-refractivity contribution in [3.63, 3.8) is 0 Å². The first kappa shape index (κ1) is 27.5. The summed E-state index contributed by atoms with van der Waals surface area (Å²) in [5.74, 6) is -0.314. The molecule has 0 unspecified atom stereocenters. The standard InChI is InChI=1S/C30H36N4O3/c1-4-18-34(19-5-2)30(37)24-14-16-26(17-15-24)32-28(35)21-31-27-13-9-12-25(20-27)29(36)33(3)22-23-10-7-6-8-11-23/h6-17,20,31H,4-5,18-19,21-22H2,1-3H3,(H,32,35). The Bertz CT molecular complexity index is 1170. The number of carbonyl (C=O) groups is 3. The molecule has 7 nitrogen and oxygen atoms in total. The van der Waals surface area contributed by atoms with Crippen LogP contribution in [-0.4, -0.2) is 54.2 Å². The van der Waals surface area contributed by atoms with Gasteiger partial charge in [0.1, 0.15) is 0 Å². The van der Waals surface area contributed by atoms with Crippen molar-refractivity contribution in [1.82, 2.24) is 9.80 Å². The summed E-state index contributed by atoms with van der Waals surface area (Å²) in [5, 5.41) is 5.92. The highest BCUT2D eigenvalue weighted by Crippen LogP contribution is 2.15. The fourth-order valence-electron chi connectivity index (χ4n) is 4.03. The normalized spacial score (nSPS) is 10.5. The van der Waals surface area contributed by atoms with Crippen molar-refractivity contribution in [2.45, 2.75) is 33.2 Å². The fraction of sp³-hybridized carbons (Fsp3) is 0.300. The second-order valence-electron chi connectivity index (χ2n) is 9.00. The lowest BCUT2D eigenvalue weighted by Crippen LogP contribution is -2.32. The minimum Gasteiger partial charge on any atom is -0.376 e. The Morgan fingerprint density at radius 3 is 2.05 bits per heavy atom. The number of hydrogen-bond donors (Lipinski definition) is 2. The average Bonchev–Trinajstić information content (AvgIpc) is 2.92. The molecule has 3 amide bonds. The molecular formula is C30H36N4O3. The Labute approximate surface area is 219 Å². The van der Waals surface area contributed by atoms with E-state index in [2.05, 4.69) is 24.5 Å². The van der Waals surface area contributed by atoms with Crippen LogP contribution in [0.2, 0.25) is 0 Å². The Morgan fingerprint density at radius 1 is 0.730 bits per heavy atom. The van der Waals surface area contributed by atoms with Crippen LogP contribution in [0.15, 0.2) is 78.9 Å². The van der Waals surface area contributed by atoms with E-state index in [1.807, 2.05) is 41.3 Å². The molecule has 0 saturated heterocycles. The van der Waals surface area contributed by atoms with Crippen molar-refractivity contribution < 1.29 is 14.4 Å². The molecule has 0 aromatic heterocycles. The molecule has 0 spiro atoms. The van der Waals surface area contributed by atoms with E-state index in [1.54, 1.807) is 54.4 Å². The lowest BCUT2D eigenvalue weighted by atomic mass is 10.1. The minimum absolute atomic E-state index is 0.00656. The number of benzene rings is 3. The van der Waals surface area contributed by atoms with Crippen LogP contribution in [0.25, 0.3) is 0 Å². The first-order chi connectivity index (χ1) is 17.9. The predicted molar refractivity (Wildman–Crippen MR) is 149 cm³/mol. The van der Waals surface area contributed by atoms with Gasteiger partial charge in [-0.25, -0.2) is 0 Å². The van der Waals surface area contributed by atoms with Gasteiger partial charge in [-0.3, -0.25) is 14.4 Å². The summed E-state index contributed by atoms with van der Waals surface area (Å²) in [6.07, 6.45) is 1.82. The van der Waals surface area contributed by atoms with Crippen molar-refractivity contribution >= 4 is 29.1 Å². The Kier molecular flexibility index (Phi) is 10.3. The quantitative estimate of drug-likeness (QED) is 0.355. The van der Waals surface area contributed by atoms with E-state index in [9.17, 15) is 14.4 Å². The number of rotatable bonds is 12. The minimum atomic E-state index is -0.226.